The Labute approximate surface area is 144 Å². The summed E-state index contributed by atoms with van der Waals surface area (Å²) in [4.78, 5) is 12.5. The Morgan fingerprint density at radius 3 is 2.25 bits per heavy atom. The number of hydrogen-bond acceptors (Lipinski definition) is 5. The fourth-order valence-electron chi connectivity index (χ4n) is 2.16. The van der Waals surface area contributed by atoms with Gasteiger partial charge in [-0.1, -0.05) is 19.8 Å². The van der Waals surface area contributed by atoms with Crippen LogP contribution < -0.4 is 19.1 Å². The van der Waals surface area contributed by atoms with Gasteiger partial charge in [-0.25, -0.2) is 8.42 Å². The zero-order valence-electron chi connectivity index (χ0n) is 14.9. The molecule has 0 unspecified atom stereocenters. The summed E-state index contributed by atoms with van der Waals surface area (Å²) < 4.78 is 35.2. The molecule has 24 heavy (non-hydrogen) atoms. The third-order valence-corrected chi connectivity index (χ3v) is 4.84. The van der Waals surface area contributed by atoms with E-state index in [0.717, 1.165) is 29.8 Å². The Balaban J connectivity index is 3.26. The zero-order valence-corrected chi connectivity index (χ0v) is 15.7. The molecular weight excluding hydrogens is 332 g/mol. The maximum absolute atomic E-state index is 12.5. The normalized spacial score (nSPS) is 11.0. The summed E-state index contributed by atoms with van der Waals surface area (Å²) >= 11 is 0. The molecule has 0 aliphatic carbocycles. The van der Waals surface area contributed by atoms with Gasteiger partial charge in [0.1, 0.15) is 0 Å². The van der Waals surface area contributed by atoms with E-state index in [2.05, 4.69) is 12.2 Å². The van der Waals surface area contributed by atoms with Gasteiger partial charge in [0.15, 0.2) is 11.5 Å². The van der Waals surface area contributed by atoms with Gasteiger partial charge in [0.05, 0.1) is 31.7 Å². The number of rotatable bonds is 9. The van der Waals surface area contributed by atoms with Crippen molar-refractivity contribution < 1.29 is 22.7 Å². The van der Waals surface area contributed by atoms with Crippen LogP contribution in [0.3, 0.4) is 0 Å². The van der Waals surface area contributed by atoms with Gasteiger partial charge in [-0.05, 0) is 12.5 Å². The molecule has 0 aliphatic rings. The third kappa shape index (κ3) is 5.02. The average Bonchev–Trinajstić information content (AvgIpc) is 2.55. The van der Waals surface area contributed by atoms with Crippen molar-refractivity contribution in [1.82, 2.24) is 5.32 Å². The molecule has 0 aliphatic heterocycles. The minimum absolute atomic E-state index is 0.220. The van der Waals surface area contributed by atoms with E-state index >= 15 is 0 Å². The highest BCUT2D eigenvalue weighted by atomic mass is 32.2. The van der Waals surface area contributed by atoms with Gasteiger partial charge in [0.2, 0.25) is 10.0 Å². The maximum atomic E-state index is 12.5. The standard InChI is InChI=1S/C16H26N2O5S/c1-6-7-8-9-17-16(19)12-10-14(22-3)15(23-4)11-13(12)18(2)24(5,20)21/h10-11H,6-9H2,1-5H3,(H,17,19). The molecule has 1 N–H and O–H groups in total. The Hall–Kier alpha value is -1.96. The molecule has 136 valence electrons. The molecule has 1 rings (SSSR count). The van der Waals surface area contributed by atoms with Crippen LogP contribution in [0.4, 0.5) is 5.69 Å². The number of anilines is 1. The van der Waals surface area contributed by atoms with E-state index in [1.165, 1.54) is 33.4 Å². The first-order valence-corrected chi connectivity index (χ1v) is 9.59. The average molecular weight is 358 g/mol. The van der Waals surface area contributed by atoms with E-state index in [1.54, 1.807) is 0 Å². The maximum Gasteiger partial charge on any atom is 0.253 e. The van der Waals surface area contributed by atoms with Crippen LogP contribution in [0, 0.1) is 0 Å². The minimum Gasteiger partial charge on any atom is -0.493 e. The lowest BCUT2D eigenvalue weighted by Crippen LogP contribution is -2.30. The van der Waals surface area contributed by atoms with Crippen LogP contribution in [0.15, 0.2) is 12.1 Å². The van der Waals surface area contributed by atoms with Crippen molar-refractivity contribution >= 4 is 21.6 Å². The Kier molecular flexibility index (Phi) is 7.34. The van der Waals surface area contributed by atoms with Gasteiger partial charge in [0.25, 0.3) is 5.91 Å². The highest BCUT2D eigenvalue weighted by molar-refractivity contribution is 7.92. The fraction of sp³-hybridized carbons (Fsp3) is 0.562. The second-order valence-corrected chi connectivity index (χ2v) is 7.43. The molecule has 0 aromatic heterocycles. The van der Waals surface area contributed by atoms with Crippen LogP contribution >= 0.6 is 0 Å². The van der Waals surface area contributed by atoms with Crippen LogP contribution in [-0.2, 0) is 10.0 Å². The van der Waals surface area contributed by atoms with Crippen LogP contribution in [0.2, 0.25) is 0 Å². The molecule has 7 nitrogen and oxygen atoms in total. The Morgan fingerprint density at radius 2 is 1.75 bits per heavy atom. The molecule has 0 heterocycles. The van der Waals surface area contributed by atoms with Crippen molar-refractivity contribution in [2.45, 2.75) is 26.2 Å². The van der Waals surface area contributed by atoms with Gasteiger partial charge in [-0.3, -0.25) is 9.10 Å². The number of ether oxygens (including phenoxy) is 2. The quantitative estimate of drug-likeness (QED) is 0.683. The summed E-state index contributed by atoms with van der Waals surface area (Å²) in [5.74, 6) is 0.366. The first-order chi connectivity index (χ1) is 11.3. The number of carbonyl (C=O) groups excluding carboxylic acids is 1. The van der Waals surface area contributed by atoms with Gasteiger partial charge in [0, 0.05) is 19.7 Å². The van der Waals surface area contributed by atoms with Crippen molar-refractivity contribution in [3.8, 4) is 11.5 Å². The highest BCUT2D eigenvalue weighted by Crippen LogP contribution is 2.35. The molecule has 0 fully saturated rings. The van der Waals surface area contributed by atoms with Gasteiger partial charge in [-0.2, -0.15) is 0 Å². The fourth-order valence-corrected chi connectivity index (χ4v) is 2.67. The number of benzene rings is 1. The number of carbonyl (C=O) groups is 1. The summed E-state index contributed by atoms with van der Waals surface area (Å²) in [5.41, 5.74) is 0.459. The van der Waals surface area contributed by atoms with Crippen LogP contribution in [0.5, 0.6) is 11.5 Å². The third-order valence-electron chi connectivity index (χ3n) is 3.65. The van der Waals surface area contributed by atoms with Gasteiger partial charge in [-0.15, -0.1) is 0 Å². The monoisotopic (exact) mass is 358 g/mol. The predicted octanol–water partition coefficient (Wildman–Crippen LogP) is 2.02. The van der Waals surface area contributed by atoms with Crippen LogP contribution in [-0.4, -0.2) is 48.4 Å². The first-order valence-electron chi connectivity index (χ1n) is 7.74. The molecule has 1 aromatic rings. The molecule has 0 bridgehead atoms. The van der Waals surface area contributed by atoms with Crippen molar-refractivity contribution in [1.29, 1.82) is 0 Å². The van der Waals surface area contributed by atoms with E-state index in [0.29, 0.717) is 18.0 Å². The van der Waals surface area contributed by atoms with E-state index in [1.807, 2.05) is 0 Å². The molecular formula is C16H26N2O5S. The van der Waals surface area contributed by atoms with E-state index in [9.17, 15) is 13.2 Å². The smallest absolute Gasteiger partial charge is 0.253 e. The van der Waals surface area contributed by atoms with Gasteiger partial charge < -0.3 is 14.8 Å². The van der Waals surface area contributed by atoms with E-state index in [-0.39, 0.29) is 17.2 Å². The molecule has 0 atom stereocenters. The lowest BCUT2D eigenvalue weighted by Gasteiger charge is -2.22. The van der Waals surface area contributed by atoms with Crippen LogP contribution in [0.1, 0.15) is 36.5 Å². The number of unbranched alkanes of at least 4 members (excludes halogenated alkanes) is 2. The van der Waals surface area contributed by atoms with Crippen molar-refractivity contribution in [2.24, 2.45) is 0 Å². The largest absolute Gasteiger partial charge is 0.493 e. The van der Waals surface area contributed by atoms with Gasteiger partial charge >= 0.3 is 0 Å². The minimum atomic E-state index is -3.53. The topological polar surface area (TPSA) is 84.9 Å². The number of hydrogen-bond donors (Lipinski definition) is 1. The number of methoxy groups -OCH3 is 2. The molecule has 0 spiro atoms. The number of amides is 1. The molecule has 0 saturated heterocycles. The molecule has 1 amide bonds. The second-order valence-electron chi connectivity index (χ2n) is 5.42. The van der Waals surface area contributed by atoms with E-state index < -0.39 is 10.0 Å². The lowest BCUT2D eigenvalue weighted by molar-refractivity contribution is 0.0953. The molecule has 0 saturated carbocycles. The molecule has 0 radical (unpaired) electrons. The summed E-state index contributed by atoms with van der Waals surface area (Å²) in [5, 5.41) is 2.81. The molecule has 8 heteroatoms. The van der Waals surface area contributed by atoms with Crippen molar-refractivity contribution in [3.63, 3.8) is 0 Å². The summed E-state index contributed by atoms with van der Waals surface area (Å²) in [7, 11) is 0.775. The van der Waals surface area contributed by atoms with Crippen molar-refractivity contribution in [2.75, 3.05) is 38.4 Å². The Bertz CT molecular complexity index is 673. The summed E-state index contributed by atoms with van der Waals surface area (Å²) in [6, 6.07) is 2.98. The van der Waals surface area contributed by atoms with Crippen LogP contribution in [0.25, 0.3) is 0 Å². The first kappa shape index (κ1) is 20.1. The number of nitrogens with one attached hydrogen (secondary N) is 1. The summed E-state index contributed by atoms with van der Waals surface area (Å²) in [6.07, 6.45) is 4.01. The second kappa shape index (κ2) is 8.77. The SMILES string of the molecule is CCCCCNC(=O)c1cc(OC)c(OC)cc1N(C)S(C)(=O)=O. The highest BCUT2D eigenvalue weighted by Gasteiger charge is 2.23. The van der Waals surface area contributed by atoms with E-state index in [4.69, 9.17) is 9.47 Å². The van der Waals surface area contributed by atoms with Crippen molar-refractivity contribution in [3.05, 3.63) is 17.7 Å². The lowest BCUT2D eigenvalue weighted by atomic mass is 10.1. The predicted molar refractivity (Wildman–Crippen MR) is 94.7 cm³/mol. The number of nitrogens with zero attached hydrogens (tertiary/aromatic N) is 1. The Morgan fingerprint density at radius 1 is 1.17 bits per heavy atom. The molecule has 1 aromatic carbocycles. The summed E-state index contributed by atoms with van der Waals surface area (Å²) in [6.45, 7) is 2.61. The number of sulfonamides is 1. The zero-order chi connectivity index (χ0) is 18.3.